The van der Waals surface area contributed by atoms with Crippen molar-refractivity contribution in [3.8, 4) is 11.5 Å². The van der Waals surface area contributed by atoms with Gasteiger partial charge in [0, 0.05) is 23.4 Å². The monoisotopic (exact) mass is 425 g/mol. The molecule has 30 heavy (non-hydrogen) atoms. The summed E-state index contributed by atoms with van der Waals surface area (Å²) in [4.78, 5) is 0.205. The van der Waals surface area contributed by atoms with Crippen molar-refractivity contribution >= 4 is 31.8 Å². The zero-order chi connectivity index (χ0) is 21.3. The van der Waals surface area contributed by atoms with Gasteiger partial charge in [0.05, 0.1) is 17.0 Å². The molecule has 1 heterocycles. The van der Waals surface area contributed by atoms with Gasteiger partial charge in [0.1, 0.15) is 11.3 Å². The van der Waals surface area contributed by atoms with Gasteiger partial charge in [-0.1, -0.05) is 36.4 Å². The van der Waals surface area contributed by atoms with Crippen LogP contribution in [0.1, 0.15) is 12.5 Å². The summed E-state index contributed by atoms with van der Waals surface area (Å²) in [6.07, 6.45) is 0. The summed E-state index contributed by atoms with van der Waals surface area (Å²) in [5, 5.41) is 1.54. The van der Waals surface area contributed by atoms with Crippen molar-refractivity contribution in [2.24, 2.45) is 0 Å². The Labute approximate surface area is 175 Å². The topological polar surface area (TPSA) is 66.8 Å². The van der Waals surface area contributed by atoms with Crippen LogP contribution < -0.4 is 9.47 Å². The zero-order valence-electron chi connectivity index (χ0n) is 17.1. The summed E-state index contributed by atoms with van der Waals surface area (Å²) >= 11 is 0. The number of ether oxygens (including phenoxy) is 3. The number of hydrogen-bond donors (Lipinski definition) is 0. The van der Waals surface area contributed by atoms with Crippen LogP contribution in [-0.2, 0) is 14.8 Å². The van der Waals surface area contributed by atoms with E-state index < -0.39 is 10.0 Å². The maximum Gasteiger partial charge on any atom is 0.268 e. The highest BCUT2D eigenvalue weighted by Gasteiger charge is 2.27. The molecule has 7 heteroatoms. The minimum absolute atomic E-state index is 0.0154. The molecule has 6 nitrogen and oxygen atoms in total. The van der Waals surface area contributed by atoms with E-state index in [1.807, 2.05) is 38.1 Å². The van der Waals surface area contributed by atoms with Crippen LogP contribution in [0.3, 0.4) is 0 Å². The van der Waals surface area contributed by atoms with Gasteiger partial charge in [-0.15, -0.1) is 0 Å². The van der Waals surface area contributed by atoms with E-state index in [4.69, 9.17) is 14.2 Å². The number of aromatic nitrogens is 1. The third kappa shape index (κ3) is 3.20. The number of fused-ring (bicyclic) bond motifs is 3. The molecule has 0 N–H and O–H groups in total. The summed E-state index contributed by atoms with van der Waals surface area (Å²) in [6, 6.07) is 17.7. The number of hydrogen-bond acceptors (Lipinski definition) is 5. The van der Waals surface area contributed by atoms with Crippen LogP contribution in [0.4, 0.5) is 0 Å². The van der Waals surface area contributed by atoms with Gasteiger partial charge in [0.25, 0.3) is 10.0 Å². The molecule has 0 fully saturated rings. The number of methoxy groups -OCH3 is 1. The summed E-state index contributed by atoms with van der Waals surface area (Å²) in [5.74, 6) is 1.07. The van der Waals surface area contributed by atoms with Crippen LogP contribution in [0.5, 0.6) is 11.5 Å². The number of benzene rings is 3. The first-order valence-electron chi connectivity index (χ1n) is 9.62. The summed E-state index contributed by atoms with van der Waals surface area (Å²) in [5.41, 5.74) is 1.76. The van der Waals surface area contributed by atoms with Crippen molar-refractivity contribution in [1.82, 2.24) is 3.97 Å². The molecule has 0 saturated carbocycles. The maximum absolute atomic E-state index is 13.7. The number of rotatable bonds is 7. The highest BCUT2D eigenvalue weighted by atomic mass is 32.2. The molecule has 0 aliphatic rings. The van der Waals surface area contributed by atoms with Crippen molar-refractivity contribution < 1.29 is 22.6 Å². The average molecular weight is 426 g/mol. The predicted molar refractivity (Wildman–Crippen MR) is 117 cm³/mol. The molecule has 0 spiro atoms. The van der Waals surface area contributed by atoms with Crippen LogP contribution in [0.25, 0.3) is 21.8 Å². The fraction of sp³-hybridized carbons (Fsp3) is 0.217. The van der Waals surface area contributed by atoms with E-state index in [2.05, 4.69) is 0 Å². The van der Waals surface area contributed by atoms with Crippen molar-refractivity contribution in [2.45, 2.75) is 18.7 Å². The van der Waals surface area contributed by atoms with Gasteiger partial charge < -0.3 is 14.2 Å². The van der Waals surface area contributed by atoms with E-state index in [0.29, 0.717) is 34.7 Å². The van der Waals surface area contributed by atoms with Crippen molar-refractivity contribution in [3.63, 3.8) is 0 Å². The molecule has 0 amide bonds. The molecule has 0 aliphatic carbocycles. The van der Waals surface area contributed by atoms with Gasteiger partial charge in [-0.2, -0.15) is 0 Å². The number of nitrogens with zero attached hydrogens (tertiary/aromatic N) is 1. The largest absolute Gasteiger partial charge is 0.493 e. The smallest absolute Gasteiger partial charge is 0.268 e. The Morgan fingerprint density at radius 1 is 0.933 bits per heavy atom. The van der Waals surface area contributed by atoms with Gasteiger partial charge in [0.2, 0.25) is 0 Å². The minimum Gasteiger partial charge on any atom is -0.493 e. The molecule has 0 atom stereocenters. The van der Waals surface area contributed by atoms with E-state index in [0.717, 1.165) is 10.8 Å². The normalized spacial score (nSPS) is 11.8. The number of para-hydroxylation sites is 1. The van der Waals surface area contributed by atoms with Crippen molar-refractivity contribution in [2.75, 3.05) is 20.5 Å². The van der Waals surface area contributed by atoms with Crippen LogP contribution in [-0.4, -0.2) is 32.9 Å². The predicted octanol–water partition coefficient (Wildman–Crippen LogP) is 4.72. The lowest BCUT2D eigenvalue weighted by molar-refractivity contribution is 0.0514. The Bertz CT molecular complexity index is 1310. The van der Waals surface area contributed by atoms with Gasteiger partial charge in [-0.25, -0.2) is 12.4 Å². The first kappa shape index (κ1) is 20.3. The van der Waals surface area contributed by atoms with E-state index in [-0.39, 0.29) is 11.7 Å². The molecule has 156 valence electrons. The minimum atomic E-state index is -3.88. The Morgan fingerprint density at radius 2 is 1.63 bits per heavy atom. The first-order valence-corrected chi connectivity index (χ1v) is 11.1. The molecular formula is C23H23NO5S. The van der Waals surface area contributed by atoms with Gasteiger partial charge in [0.15, 0.2) is 12.5 Å². The average Bonchev–Trinajstić information content (AvgIpc) is 3.09. The summed E-state index contributed by atoms with van der Waals surface area (Å²) in [6.45, 7) is 4.23. The van der Waals surface area contributed by atoms with Crippen LogP contribution >= 0.6 is 0 Å². The lowest BCUT2D eigenvalue weighted by atomic mass is 10.1. The lowest BCUT2D eigenvalue weighted by Gasteiger charge is -2.17. The fourth-order valence-electron chi connectivity index (χ4n) is 3.67. The zero-order valence-corrected chi connectivity index (χ0v) is 17.9. The Kier molecular flexibility index (Phi) is 5.40. The Hall–Kier alpha value is -3.03. The third-order valence-electron chi connectivity index (χ3n) is 4.97. The third-order valence-corrected chi connectivity index (χ3v) is 6.70. The van der Waals surface area contributed by atoms with Crippen molar-refractivity contribution in [1.29, 1.82) is 0 Å². The molecule has 0 aliphatic heterocycles. The molecule has 0 radical (unpaired) electrons. The summed E-state index contributed by atoms with van der Waals surface area (Å²) < 4.78 is 45.6. The maximum atomic E-state index is 13.7. The summed E-state index contributed by atoms with van der Waals surface area (Å²) in [7, 11) is -2.36. The highest BCUT2D eigenvalue weighted by Crippen LogP contribution is 2.43. The molecule has 0 saturated heterocycles. The Morgan fingerprint density at radius 3 is 2.33 bits per heavy atom. The quantitative estimate of drug-likeness (QED) is 0.401. The van der Waals surface area contributed by atoms with E-state index >= 15 is 0 Å². The van der Waals surface area contributed by atoms with E-state index in [9.17, 15) is 8.42 Å². The second-order valence-electron chi connectivity index (χ2n) is 6.81. The standard InChI is InChI=1S/C23H23NO5S/c1-4-28-21-14-19-18-12-8-9-13-20(18)24(22(19)23(16(21)2)29-15-27-3)30(25,26)17-10-6-5-7-11-17/h5-14H,4,15H2,1-3H3. The Balaban J connectivity index is 2.17. The SMILES string of the molecule is CCOc1cc2c3ccccc3n(S(=O)(=O)c3ccccc3)c2c(OCOC)c1C. The molecule has 0 bridgehead atoms. The first-order chi connectivity index (χ1) is 14.5. The molecule has 4 rings (SSSR count). The van der Waals surface area contributed by atoms with E-state index in [1.165, 1.54) is 11.1 Å². The molecule has 1 aromatic heterocycles. The van der Waals surface area contributed by atoms with Crippen LogP contribution in [0.15, 0.2) is 65.6 Å². The molecular weight excluding hydrogens is 402 g/mol. The molecule has 3 aromatic carbocycles. The van der Waals surface area contributed by atoms with Crippen LogP contribution in [0, 0.1) is 6.92 Å². The second kappa shape index (κ2) is 8.01. The van der Waals surface area contributed by atoms with Gasteiger partial charge in [-0.05, 0) is 38.1 Å². The molecule has 0 unspecified atom stereocenters. The van der Waals surface area contributed by atoms with Gasteiger partial charge in [-0.3, -0.25) is 0 Å². The lowest BCUT2D eigenvalue weighted by Crippen LogP contribution is -2.14. The second-order valence-corrected chi connectivity index (χ2v) is 8.60. The van der Waals surface area contributed by atoms with Crippen molar-refractivity contribution in [3.05, 3.63) is 66.2 Å². The molecule has 4 aromatic rings. The van der Waals surface area contributed by atoms with Gasteiger partial charge >= 0.3 is 0 Å². The van der Waals surface area contributed by atoms with E-state index in [1.54, 1.807) is 36.4 Å². The fourth-order valence-corrected chi connectivity index (χ4v) is 5.22. The van der Waals surface area contributed by atoms with Crippen LogP contribution in [0.2, 0.25) is 0 Å². The highest BCUT2D eigenvalue weighted by molar-refractivity contribution is 7.90.